The number of rotatable bonds is 5. The summed E-state index contributed by atoms with van der Waals surface area (Å²) in [6, 6.07) is 20.1. The van der Waals surface area contributed by atoms with Gasteiger partial charge in [-0.2, -0.15) is 0 Å². The van der Waals surface area contributed by atoms with Crippen molar-refractivity contribution in [3.63, 3.8) is 0 Å². The van der Waals surface area contributed by atoms with Crippen molar-refractivity contribution in [3.8, 4) is 22.6 Å². The summed E-state index contributed by atoms with van der Waals surface area (Å²) in [6.07, 6.45) is 0. The predicted molar refractivity (Wildman–Crippen MR) is 94.4 cm³/mol. The van der Waals surface area contributed by atoms with Gasteiger partial charge in [0.2, 0.25) is 0 Å². The first-order chi connectivity index (χ1) is 12.2. The van der Waals surface area contributed by atoms with Crippen LogP contribution < -0.4 is 9.47 Å². The number of carbonyl (C=O) groups excluding carboxylic acids is 1. The first kappa shape index (κ1) is 16.7. The number of benzene rings is 3. The molecule has 0 atom stereocenters. The van der Waals surface area contributed by atoms with E-state index in [9.17, 15) is 9.18 Å². The molecule has 0 amide bonds. The number of carbonyl (C=O) groups is 1. The van der Waals surface area contributed by atoms with Crippen molar-refractivity contribution in [2.45, 2.75) is 6.92 Å². The average Bonchev–Trinajstić information content (AvgIpc) is 2.64. The second kappa shape index (κ2) is 7.62. The second-order valence-corrected chi connectivity index (χ2v) is 5.38. The number of ether oxygens (including phenoxy) is 2. The van der Waals surface area contributed by atoms with E-state index in [4.69, 9.17) is 9.47 Å². The molecule has 0 fully saturated rings. The molecule has 0 radical (unpaired) electrons. The first-order valence-electron chi connectivity index (χ1n) is 7.97. The third kappa shape index (κ3) is 4.23. The Balaban J connectivity index is 1.69. The Morgan fingerprint density at radius 3 is 1.88 bits per heavy atom. The molecule has 0 unspecified atom stereocenters. The minimum Gasteiger partial charge on any atom is -0.494 e. The van der Waals surface area contributed by atoms with Crippen LogP contribution in [0, 0.1) is 5.82 Å². The van der Waals surface area contributed by atoms with Gasteiger partial charge in [0.1, 0.15) is 17.3 Å². The van der Waals surface area contributed by atoms with Crippen LogP contribution in [0.5, 0.6) is 11.5 Å². The zero-order chi connectivity index (χ0) is 17.6. The third-order valence-corrected chi connectivity index (χ3v) is 3.64. The van der Waals surface area contributed by atoms with Crippen molar-refractivity contribution in [1.29, 1.82) is 0 Å². The molecule has 126 valence electrons. The van der Waals surface area contributed by atoms with Crippen molar-refractivity contribution in [3.05, 3.63) is 84.2 Å². The van der Waals surface area contributed by atoms with Crippen molar-refractivity contribution in [1.82, 2.24) is 0 Å². The quantitative estimate of drug-likeness (QED) is 0.480. The molecule has 0 spiro atoms. The molecule has 0 aromatic heterocycles. The lowest BCUT2D eigenvalue weighted by Gasteiger charge is -2.07. The van der Waals surface area contributed by atoms with Gasteiger partial charge in [-0.25, -0.2) is 9.18 Å². The third-order valence-electron chi connectivity index (χ3n) is 3.64. The van der Waals surface area contributed by atoms with E-state index in [0.717, 1.165) is 16.9 Å². The summed E-state index contributed by atoms with van der Waals surface area (Å²) in [4.78, 5) is 12.2. The molecule has 4 heteroatoms. The summed E-state index contributed by atoms with van der Waals surface area (Å²) in [5, 5.41) is 0. The molecule has 0 heterocycles. The van der Waals surface area contributed by atoms with E-state index in [2.05, 4.69) is 0 Å². The van der Waals surface area contributed by atoms with Gasteiger partial charge >= 0.3 is 5.97 Å². The minimum atomic E-state index is -0.435. The molecular formula is C21H17FO3. The van der Waals surface area contributed by atoms with Crippen molar-refractivity contribution in [2.75, 3.05) is 6.61 Å². The van der Waals surface area contributed by atoms with Crippen LogP contribution in [0.4, 0.5) is 4.39 Å². The first-order valence-corrected chi connectivity index (χ1v) is 7.97. The summed E-state index contributed by atoms with van der Waals surface area (Å²) < 4.78 is 23.7. The molecule has 3 aromatic rings. The monoisotopic (exact) mass is 336 g/mol. The van der Waals surface area contributed by atoms with Gasteiger partial charge in [-0.15, -0.1) is 0 Å². The van der Waals surface area contributed by atoms with Crippen LogP contribution in [0.15, 0.2) is 72.8 Å². The molecule has 0 saturated heterocycles. The van der Waals surface area contributed by atoms with Crippen molar-refractivity contribution >= 4 is 5.97 Å². The van der Waals surface area contributed by atoms with E-state index in [-0.39, 0.29) is 5.82 Å². The summed E-state index contributed by atoms with van der Waals surface area (Å²) in [6.45, 7) is 2.49. The molecule has 0 bridgehead atoms. The lowest BCUT2D eigenvalue weighted by atomic mass is 10.0. The van der Waals surface area contributed by atoms with Crippen LogP contribution in [-0.4, -0.2) is 12.6 Å². The molecule has 3 nitrogen and oxygen atoms in total. The van der Waals surface area contributed by atoms with Gasteiger partial charge in [-0.1, -0.05) is 24.3 Å². The molecule has 0 aliphatic rings. The largest absolute Gasteiger partial charge is 0.494 e. The maximum Gasteiger partial charge on any atom is 0.343 e. The Kier molecular flexibility index (Phi) is 5.09. The highest BCUT2D eigenvalue weighted by molar-refractivity contribution is 5.91. The zero-order valence-corrected chi connectivity index (χ0v) is 13.7. The summed E-state index contributed by atoms with van der Waals surface area (Å²) in [5.74, 6) is 0.469. The smallest absolute Gasteiger partial charge is 0.343 e. The standard InChI is InChI=1S/C21H17FO3/c1-2-24-19-11-13-20(14-12-19)25-21(23)17-5-3-15(4-6-17)16-7-9-18(22)10-8-16/h3-14H,2H2,1H3. The van der Waals surface area contributed by atoms with Crippen LogP contribution in [0.25, 0.3) is 11.1 Å². The van der Waals surface area contributed by atoms with Gasteiger partial charge in [-0.05, 0) is 66.6 Å². The highest BCUT2D eigenvalue weighted by atomic mass is 19.1. The van der Waals surface area contributed by atoms with Crippen LogP contribution in [0.3, 0.4) is 0 Å². The molecule has 3 rings (SSSR count). The Hall–Kier alpha value is -3.14. The van der Waals surface area contributed by atoms with Gasteiger partial charge in [0.05, 0.1) is 12.2 Å². The topological polar surface area (TPSA) is 35.5 Å². The van der Waals surface area contributed by atoms with Gasteiger partial charge in [0.15, 0.2) is 0 Å². The van der Waals surface area contributed by atoms with E-state index in [1.807, 2.05) is 19.1 Å². The van der Waals surface area contributed by atoms with Crippen LogP contribution in [0.2, 0.25) is 0 Å². The molecule has 0 aliphatic carbocycles. The van der Waals surface area contributed by atoms with Gasteiger partial charge in [-0.3, -0.25) is 0 Å². The molecule has 25 heavy (non-hydrogen) atoms. The van der Waals surface area contributed by atoms with Crippen molar-refractivity contribution < 1.29 is 18.7 Å². The van der Waals surface area contributed by atoms with E-state index in [0.29, 0.717) is 17.9 Å². The van der Waals surface area contributed by atoms with E-state index < -0.39 is 5.97 Å². The highest BCUT2D eigenvalue weighted by Gasteiger charge is 2.09. The minimum absolute atomic E-state index is 0.278. The maximum atomic E-state index is 13.0. The van der Waals surface area contributed by atoms with Gasteiger partial charge < -0.3 is 9.47 Å². The zero-order valence-electron chi connectivity index (χ0n) is 13.7. The molecule has 0 aliphatic heterocycles. The Bertz CT molecular complexity index is 838. The number of esters is 1. The van der Waals surface area contributed by atoms with Gasteiger partial charge in [0, 0.05) is 0 Å². The van der Waals surface area contributed by atoms with E-state index in [1.165, 1.54) is 12.1 Å². The van der Waals surface area contributed by atoms with E-state index in [1.54, 1.807) is 48.5 Å². The SMILES string of the molecule is CCOc1ccc(OC(=O)c2ccc(-c3ccc(F)cc3)cc2)cc1. The summed E-state index contributed by atoms with van der Waals surface area (Å²) in [7, 11) is 0. The average molecular weight is 336 g/mol. The van der Waals surface area contributed by atoms with Crippen LogP contribution >= 0.6 is 0 Å². The summed E-state index contributed by atoms with van der Waals surface area (Å²) >= 11 is 0. The fourth-order valence-electron chi connectivity index (χ4n) is 2.38. The second-order valence-electron chi connectivity index (χ2n) is 5.38. The Morgan fingerprint density at radius 2 is 1.32 bits per heavy atom. The normalized spacial score (nSPS) is 10.3. The fraction of sp³-hybridized carbons (Fsp3) is 0.0952. The number of hydrogen-bond donors (Lipinski definition) is 0. The maximum absolute atomic E-state index is 13.0. The van der Waals surface area contributed by atoms with Crippen LogP contribution in [-0.2, 0) is 0 Å². The Labute approximate surface area is 145 Å². The number of hydrogen-bond acceptors (Lipinski definition) is 3. The molecule has 0 saturated carbocycles. The van der Waals surface area contributed by atoms with Crippen LogP contribution in [0.1, 0.15) is 17.3 Å². The fourth-order valence-corrected chi connectivity index (χ4v) is 2.38. The predicted octanol–water partition coefficient (Wildman–Crippen LogP) is 5.11. The van der Waals surface area contributed by atoms with E-state index >= 15 is 0 Å². The lowest BCUT2D eigenvalue weighted by molar-refractivity contribution is 0.0734. The summed E-state index contributed by atoms with van der Waals surface area (Å²) in [5.41, 5.74) is 2.23. The molecule has 3 aromatic carbocycles. The van der Waals surface area contributed by atoms with Gasteiger partial charge in [0.25, 0.3) is 0 Å². The Morgan fingerprint density at radius 1 is 0.800 bits per heavy atom. The lowest BCUT2D eigenvalue weighted by Crippen LogP contribution is -2.08. The van der Waals surface area contributed by atoms with Crippen molar-refractivity contribution in [2.24, 2.45) is 0 Å². The molecular weight excluding hydrogens is 319 g/mol. The highest BCUT2D eigenvalue weighted by Crippen LogP contribution is 2.22. The number of halogens is 1. The molecule has 0 N–H and O–H groups in total.